The Balaban J connectivity index is 2.00. The summed E-state index contributed by atoms with van der Waals surface area (Å²) < 4.78 is 0. The zero-order valence-electron chi connectivity index (χ0n) is 12.8. The first kappa shape index (κ1) is 15.5. The lowest BCUT2D eigenvalue weighted by atomic mass is 9.89. The molecule has 20 heavy (non-hydrogen) atoms. The summed E-state index contributed by atoms with van der Waals surface area (Å²) in [6, 6.07) is 8.26. The van der Waals surface area contributed by atoms with Crippen LogP contribution in [0.4, 0.5) is 0 Å². The number of halogens is 1. The van der Waals surface area contributed by atoms with E-state index in [0.717, 1.165) is 24.4 Å². The van der Waals surface area contributed by atoms with E-state index in [-0.39, 0.29) is 11.3 Å². The molecule has 0 heterocycles. The summed E-state index contributed by atoms with van der Waals surface area (Å²) in [5, 5.41) is 0.760. The van der Waals surface area contributed by atoms with E-state index in [9.17, 15) is 4.79 Å². The molecular weight excluding hydrogens is 270 g/mol. The number of hydrogen-bond donors (Lipinski definition) is 0. The fourth-order valence-electron chi connectivity index (χ4n) is 3.02. The van der Waals surface area contributed by atoms with Crippen LogP contribution in [0.3, 0.4) is 0 Å². The number of hydrogen-bond acceptors (Lipinski definition) is 2. The van der Waals surface area contributed by atoms with Crippen molar-refractivity contribution >= 4 is 17.4 Å². The smallest absolute Gasteiger partial charge is 0.142 e. The zero-order valence-corrected chi connectivity index (χ0v) is 13.6. The van der Waals surface area contributed by atoms with Gasteiger partial charge in [0.05, 0.1) is 0 Å². The molecule has 0 amide bonds. The third-order valence-electron chi connectivity index (χ3n) is 4.68. The standard InChI is InChI=1S/C17H24ClNO/c1-12(13-5-7-15(18)8-6-13)19(4)11-14-9-10-17(2,3)16(14)20/h5-8,12,14H,9-11H2,1-4H3. The van der Waals surface area contributed by atoms with Gasteiger partial charge in [-0.05, 0) is 44.5 Å². The van der Waals surface area contributed by atoms with E-state index in [1.54, 1.807) is 0 Å². The van der Waals surface area contributed by atoms with Crippen molar-refractivity contribution in [3.05, 3.63) is 34.9 Å². The molecule has 0 bridgehead atoms. The number of benzene rings is 1. The molecular formula is C17H24ClNO. The van der Waals surface area contributed by atoms with Crippen LogP contribution in [0.1, 0.15) is 45.2 Å². The number of nitrogens with zero attached hydrogens (tertiary/aromatic N) is 1. The van der Waals surface area contributed by atoms with Crippen molar-refractivity contribution in [2.24, 2.45) is 11.3 Å². The molecule has 0 spiro atoms. The fraction of sp³-hybridized carbons (Fsp3) is 0.588. The molecule has 0 N–H and O–H groups in total. The highest BCUT2D eigenvalue weighted by atomic mass is 35.5. The second-order valence-corrected chi connectivity index (χ2v) is 7.09. The molecule has 1 aromatic rings. The van der Waals surface area contributed by atoms with Crippen LogP contribution >= 0.6 is 11.6 Å². The molecule has 3 heteroatoms. The second kappa shape index (κ2) is 5.87. The Labute approximate surface area is 127 Å². The summed E-state index contributed by atoms with van der Waals surface area (Å²) in [6.07, 6.45) is 2.03. The molecule has 0 radical (unpaired) electrons. The van der Waals surface area contributed by atoms with Gasteiger partial charge in [-0.25, -0.2) is 0 Å². The SMILES string of the molecule is CC(c1ccc(Cl)cc1)N(C)CC1CCC(C)(C)C1=O. The van der Waals surface area contributed by atoms with Crippen LogP contribution in [0.25, 0.3) is 0 Å². The van der Waals surface area contributed by atoms with Crippen LogP contribution < -0.4 is 0 Å². The van der Waals surface area contributed by atoms with Crippen molar-refractivity contribution in [3.8, 4) is 0 Å². The largest absolute Gasteiger partial charge is 0.299 e. The van der Waals surface area contributed by atoms with Gasteiger partial charge in [0, 0.05) is 28.9 Å². The number of rotatable bonds is 4. The lowest BCUT2D eigenvalue weighted by Gasteiger charge is -2.28. The van der Waals surface area contributed by atoms with Gasteiger partial charge in [-0.3, -0.25) is 9.69 Å². The summed E-state index contributed by atoms with van der Waals surface area (Å²) in [4.78, 5) is 14.6. The van der Waals surface area contributed by atoms with Crippen LogP contribution in [-0.4, -0.2) is 24.3 Å². The first-order valence-electron chi connectivity index (χ1n) is 7.31. The van der Waals surface area contributed by atoms with Crippen molar-refractivity contribution in [3.63, 3.8) is 0 Å². The molecule has 110 valence electrons. The molecule has 2 nitrogen and oxygen atoms in total. The normalized spacial score (nSPS) is 23.3. The molecule has 1 aromatic carbocycles. The number of carbonyl (C=O) groups is 1. The van der Waals surface area contributed by atoms with E-state index in [2.05, 4.69) is 44.9 Å². The summed E-state index contributed by atoms with van der Waals surface area (Å²) in [6.45, 7) is 7.15. The molecule has 1 saturated carbocycles. The molecule has 0 aliphatic heterocycles. The second-order valence-electron chi connectivity index (χ2n) is 6.65. The van der Waals surface area contributed by atoms with E-state index in [4.69, 9.17) is 11.6 Å². The Bertz CT molecular complexity index is 480. The van der Waals surface area contributed by atoms with Crippen molar-refractivity contribution in [2.45, 2.75) is 39.7 Å². The molecule has 0 aromatic heterocycles. The number of ketones is 1. The lowest BCUT2D eigenvalue weighted by molar-refractivity contribution is -0.128. The van der Waals surface area contributed by atoms with Crippen molar-refractivity contribution in [1.82, 2.24) is 4.90 Å². The summed E-state index contributed by atoms with van der Waals surface area (Å²) in [5.74, 6) is 0.609. The quantitative estimate of drug-likeness (QED) is 0.823. The minimum Gasteiger partial charge on any atom is -0.299 e. The van der Waals surface area contributed by atoms with Crippen molar-refractivity contribution in [1.29, 1.82) is 0 Å². The van der Waals surface area contributed by atoms with Crippen LogP contribution in [0, 0.1) is 11.3 Å². The Kier molecular flexibility index (Phi) is 4.55. The molecule has 0 saturated heterocycles. The summed E-state index contributed by atoms with van der Waals surface area (Å²) in [7, 11) is 2.10. The summed E-state index contributed by atoms with van der Waals surface area (Å²) in [5.41, 5.74) is 1.11. The number of Topliss-reactive ketones (excluding diaryl/α,β-unsaturated/α-hetero) is 1. The van der Waals surface area contributed by atoms with Crippen LogP contribution in [0.2, 0.25) is 5.02 Å². The van der Waals surface area contributed by atoms with Gasteiger partial charge in [0.2, 0.25) is 0 Å². The van der Waals surface area contributed by atoms with Gasteiger partial charge >= 0.3 is 0 Å². The highest BCUT2D eigenvalue weighted by Crippen LogP contribution is 2.38. The average Bonchev–Trinajstić information content (AvgIpc) is 2.66. The van der Waals surface area contributed by atoms with Crippen LogP contribution in [0.15, 0.2) is 24.3 Å². The predicted octanol–water partition coefficient (Wildman–Crippen LogP) is 4.34. The van der Waals surface area contributed by atoms with E-state index in [0.29, 0.717) is 11.8 Å². The van der Waals surface area contributed by atoms with Gasteiger partial charge in [-0.1, -0.05) is 37.6 Å². The maximum Gasteiger partial charge on any atom is 0.142 e. The maximum atomic E-state index is 12.3. The first-order chi connectivity index (χ1) is 9.31. The Morgan fingerprint density at radius 2 is 1.95 bits per heavy atom. The third-order valence-corrected chi connectivity index (χ3v) is 4.93. The fourth-order valence-corrected chi connectivity index (χ4v) is 3.14. The molecule has 1 aliphatic rings. The van der Waals surface area contributed by atoms with Gasteiger partial charge in [-0.2, -0.15) is 0 Å². The molecule has 1 aliphatic carbocycles. The van der Waals surface area contributed by atoms with Crippen LogP contribution in [-0.2, 0) is 4.79 Å². The molecule has 2 rings (SSSR count). The highest BCUT2D eigenvalue weighted by molar-refractivity contribution is 6.30. The van der Waals surface area contributed by atoms with E-state index in [1.165, 1.54) is 5.56 Å². The molecule has 2 unspecified atom stereocenters. The first-order valence-corrected chi connectivity index (χ1v) is 7.69. The monoisotopic (exact) mass is 293 g/mol. The highest BCUT2D eigenvalue weighted by Gasteiger charge is 2.40. The molecule has 2 atom stereocenters. The van der Waals surface area contributed by atoms with Gasteiger partial charge in [-0.15, -0.1) is 0 Å². The number of carbonyl (C=O) groups excluding carboxylic acids is 1. The van der Waals surface area contributed by atoms with Crippen molar-refractivity contribution in [2.75, 3.05) is 13.6 Å². The van der Waals surface area contributed by atoms with Crippen LogP contribution in [0.5, 0.6) is 0 Å². The Morgan fingerprint density at radius 3 is 2.45 bits per heavy atom. The Hall–Kier alpha value is -0.860. The van der Waals surface area contributed by atoms with Gasteiger partial charge in [0.25, 0.3) is 0 Å². The van der Waals surface area contributed by atoms with E-state index < -0.39 is 0 Å². The minimum atomic E-state index is -0.130. The van der Waals surface area contributed by atoms with Crippen molar-refractivity contribution < 1.29 is 4.79 Å². The third kappa shape index (κ3) is 3.24. The molecule has 1 fully saturated rings. The van der Waals surface area contributed by atoms with E-state index in [1.807, 2.05) is 12.1 Å². The summed E-state index contributed by atoms with van der Waals surface area (Å²) >= 11 is 5.93. The zero-order chi connectivity index (χ0) is 14.9. The maximum absolute atomic E-state index is 12.3. The Morgan fingerprint density at radius 1 is 1.35 bits per heavy atom. The lowest BCUT2D eigenvalue weighted by Crippen LogP contribution is -2.32. The van der Waals surface area contributed by atoms with Gasteiger partial charge in [0.15, 0.2) is 0 Å². The topological polar surface area (TPSA) is 20.3 Å². The van der Waals surface area contributed by atoms with Gasteiger partial charge in [0.1, 0.15) is 5.78 Å². The average molecular weight is 294 g/mol. The van der Waals surface area contributed by atoms with E-state index >= 15 is 0 Å². The minimum absolute atomic E-state index is 0.130. The predicted molar refractivity (Wildman–Crippen MR) is 84.0 cm³/mol. The van der Waals surface area contributed by atoms with Gasteiger partial charge < -0.3 is 0 Å².